The maximum absolute atomic E-state index is 13.4. The average Bonchev–Trinajstić information content (AvgIpc) is 2.69. The fraction of sp³-hybridized carbons (Fsp3) is 0.500. The number of amides is 1. The van der Waals surface area contributed by atoms with E-state index in [1.807, 2.05) is 13.8 Å². The first-order chi connectivity index (χ1) is 13.7. The van der Waals surface area contributed by atoms with Crippen molar-refractivity contribution in [2.75, 3.05) is 21.3 Å². The van der Waals surface area contributed by atoms with Crippen LogP contribution in [0.25, 0.3) is 0 Å². The zero-order valence-electron chi connectivity index (χ0n) is 17.4. The number of carbonyl (C=O) groups is 1. The van der Waals surface area contributed by atoms with E-state index in [0.717, 1.165) is 23.6 Å². The molecular formula is C20H27N3O5S. The Hall–Kier alpha value is -2.55. The predicted octanol–water partition coefficient (Wildman–Crippen LogP) is 2.36. The number of methoxy groups -OCH3 is 2. The van der Waals surface area contributed by atoms with Crippen LogP contribution in [0.15, 0.2) is 34.4 Å². The molecule has 0 N–H and O–H groups in total. The fourth-order valence-electron chi connectivity index (χ4n) is 3.85. The highest BCUT2D eigenvalue weighted by atomic mass is 32.2. The Labute approximate surface area is 172 Å². The summed E-state index contributed by atoms with van der Waals surface area (Å²) in [4.78, 5) is 15.1. The largest absolute Gasteiger partial charge is 0.497 e. The van der Waals surface area contributed by atoms with Crippen molar-refractivity contribution >= 4 is 21.8 Å². The van der Waals surface area contributed by atoms with Crippen molar-refractivity contribution in [3.05, 3.63) is 35.5 Å². The summed E-state index contributed by atoms with van der Waals surface area (Å²) in [7, 11) is 0.292. The van der Waals surface area contributed by atoms with Crippen LogP contribution in [-0.2, 0) is 15.0 Å². The van der Waals surface area contributed by atoms with E-state index in [4.69, 9.17) is 9.47 Å². The van der Waals surface area contributed by atoms with Gasteiger partial charge in [0, 0.05) is 24.7 Å². The lowest BCUT2D eigenvalue weighted by molar-refractivity contribution is -0.134. The molecule has 1 amide bonds. The third-order valence-corrected chi connectivity index (χ3v) is 6.82. The Balaban J connectivity index is 2.10. The Morgan fingerprint density at radius 2 is 1.79 bits per heavy atom. The molecule has 1 fully saturated rings. The van der Waals surface area contributed by atoms with Gasteiger partial charge in [-0.15, -0.1) is 4.40 Å². The maximum atomic E-state index is 13.4. The predicted molar refractivity (Wildman–Crippen MR) is 110 cm³/mol. The highest BCUT2D eigenvalue weighted by Gasteiger charge is 2.37. The molecule has 0 unspecified atom stereocenters. The summed E-state index contributed by atoms with van der Waals surface area (Å²) in [5, 5.41) is 0. The topological polar surface area (TPSA) is 88.5 Å². The number of carbonyl (C=O) groups excluding carboxylic acids is 1. The minimum absolute atomic E-state index is 0.0388. The van der Waals surface area contributed by atoms with E-state index in [9.17, 15) is 13.2 Å². The Bertz CT molecular complexity index is 960. The molecule has 8 nitrogen and oxygen atoms in total. The normalized spacial score (nSPS) is 23.9. The van der Waals surface area contributed by atoms with Gasteiger partial charge in [0.2, 0.25) is 0 Å². The molecule has 29 heavy (non-hydrogen) atoms. The summed E-state index contributed by atoms with van der Waals surface area (Å²) in [6.07, 6.45) is 4.34. The third-order valence-electron chi connectivity index (χ3n) is 5.50. The monoisotopic (exact) mass is 421 g/mol. The number of likely N-dealkylation sites (N-methyl/N-ethyl adjacent to an activating group) is 1. The van der Waals surface area contributed by atoms with E-state index < -0.39 is 10.2 Å². The minimum atomic E-state index is -4.06. The van der Waals surface area contributed by atoms with Gasteiger partial charge in [-0.05, 0) is 57.4 Å². The second-order valence-electron chi connectivity index (χ2n) is 7.36. The van der Waals surface area contributed by atoms with Crippen molar-refractivity contribution in [1.82, 2.24) is 9.21 Å². The van der Waals surface area contributed by atoms with Crippen LogP contribution in [0.5, 0.6) is 11.5 Å². The van der Waals surface area contributed by atoms with Gasteiger partial charge in [0.25, 0.3) is 5.91 Å². The summed E-state index contributed by atoms with van der Waals surface area (Å²) in [6, 6.07) is 5.10. The van der Waals surface area contributed by atoms with Gasteiger partial charge in [-0.3, -0.25) is 4.79 Å². The molecule has 158 valence electrons. The maximum Gasteiger partial charge on any atom is 0.345 e. The number of allylic oxidation sites excluding steroid dienone is 1. The molecule has 1 saturated heterocycles. The Kier molecular flexibility index (Phi) is 5.88. The number of hydrogen-bond donors (Lipinski definition) is 0. The molecule has 0 spiro atoms. The van der Waals surface area contributed by atoms with Gasteiger partial charge >= 0.3 is 10.2 Å². The number of nitrogens with zero attached hydrogens (tertiary/aromatic N) is 3. The molecule has 0 radical (unpaired) electrons. The number of likely N-dealkylation sites (tertiary alicyclic amines) is 1. The van der Waals surface area contributed by atoms with Crippen LogP contribution in [0.3, 0.4) is 0 Å². The van der Waals surface area contributed by atoms with Gasteiger partial charge in [0.05, 0.1) is 19.9 Å². The Morgan fingerprint density at radius 3 is 2.38 bits per heavy atom. The van der Waals surface area contributed by atoms with Gasteiger partial charge < -0.3 is 14.4 Å². The van der Waals surface area contributed by atoms with Crippen LogP contribution in [0.1, 0.15) is 38.7 Å². The second-order valence-corrected chi connectivity index (χ2v) is 8.98. The molecule has 0 saturated carbocycles. The van der Waals surface area contributed by atoms with Crippen LogP contribution in [0.4, 0.5) is 0 Å². The van der Waals surface area contributed by atoms with Crippen molar-refractivity contribution in [3.63, 3.8) is 0 Å². The lowest BCUT2D eigenvalue weighted by atomic mass is 9.97. The highest BCUT2D eigenvalue weighted by molar-refractivity contribution is 7.88. The minimum Gasteiger partial charge on any atom is -0.497 e. The number of hydrogen-bond acceptors (Lipinski definition) is 5. The molecule has 0 bridgehead atoms. The lowest BCUT2D eigenvalue weighted by Crippen LogP contribution is -2.50. The summed E-state index contributed by atoms with van der Waals surface area (Å²) in [5.74, 6) is 0.650. The molecule has 1 aromatic carbocycles. The molecular weight excluding hydrogens is 394 g/mol. The average molecular weight is 422 g/mol. The fourth-order valence-corrected chi connectivity index (χ4v) is 4.75. The van der Waals surface area contributed by atoms with Crippen molar-refractivity contribution < 1.29 is 22.7 Å². The summed E-state index contributed by atoms with van der Waals surface area (Å²) >= 11 is 0. The molecule has 0 aromatic heterocycles. The van der Waals surface area contributed by atoms with Crippen LogP contribution < -0.4 is 9.47 Å². The third kappa shape index (κ3) is 3.96. The second kappa shape index (κ2) is 8.06. The van der Waals surface area contributed by atoms with Crippen LogP contribution in [0, 0.1) is 0 Å². The molecule has 9 heteroatoms. The van der Waals surface area contributed by atoms with E-state index in [0.29, 0.717) is 17.1 Å². The van der Waals surface area contributed by atoms with Crippen molar-refractivity contribution in [2.45, 2.75) is 45.2 Å². The number of rotatable bonds is 4. The van der Waals surface area contributed by atoms with Crippen molar-refractivity contribution in [2.24, 2.45) is 4.40 Å². The first-order valence-electron chi connectivity index (χ1n) is 9.55. The quantitative estimate of drug-likeness (QED) is 0.745. The van der Waals surface area contributed by atoms with E-state index in [1.165, 1.54) is 27.3 Å². The van der Waals surface area contributed by atoms with Crippen LogP contribution in [0.2, 0.25) is 0 Å². The molecule has 2 aliphatic rings. The molecule has 2 heterocycles. The number of ether oxygens (including phenoxy) is 2. The van der Waals surface area contributed by atoms with E-state index >= 15 is 0 Å². The summed E-state index contributed by atoms with van der Waals surface area (Å²) in [6.45, 7) is 3.98. The number of piperidine rings is 1. The van der Waals surface area contributed by atoms with Crippen LogP contribution >= 0.6 is 0 Å². The number of benzene rings is 1. The van der Waals surface area contributed by atoms with Gasteiger partial charge in [0.15, 0.2) is 0 Å². The van der Waals surface area contributed by atoms with Crippen molar-refractivity contribution in [3.8, 4) is 11.5 Å². The lowest BCUT2D eigenvalue weighted by Gasteiger charge is -2.40. The highest BCUT2D eigenvalue weighted by Crippen LogP contribution is 2.31. The molecule has 0 aliphatic carbocycles. The standard InChI is InChI=1S/C20H27N3O5S/c1-13-7-6-8-14(2)23(13)20(24)18-12-17(21-29(25,26)22(18)3)16-11-15(27-4)9-10-19(16)28-5/h9-14H,6-8H2,1-5H3/t13-,14+. The first-order valence-corrected chi connectivity index (χ1v) is 10.9. The Morgan fingerprint density at radius 1 is 1.14 bits per heavy atom. The smallest absolute Gasteiger partial charge is 0.345 e. The van der Waals surface area contributed by atoms with E-state index in [2.05, 4.69) is 4.40 Å². The zero-order valence-corrected chi connectivity index (χ0v) is 18.2. The van der Waals surface area contributed by atoms with E-state index in [-0.39, 0.29) is 29.4 Å². The van der Waals surface area contributed by atoms with E-state index in [1.54, 1.807) is 23.1 Å². The first kappa shape index (κ1) is 21.2. The van der Waals surface area contributed by atoms with Gasteiger partial charge in [-0.2, -0.15) is 8.42 Å². The van der Waals surface area contributed by atoms with Crippen molar-refractivity contribution in [1.29, 1.82) is 0 Å². The van der Waals surface area contributed by atoms with Gasteiger partial charge in [-0.1, -0.05) is 0 Å². The van der Waals surface area contributed by atoms with Crippen LogP contribution in [-0.4, -0.2) is 62.6 Å². The zero-order chi connectivity index (χ0) is 21.3. The molecule has 1 aromatic rings. The van der Waals surface area contributed by atoms with Gasteiger partial charge in [-0.25, -0.2) is 4.31 Å². The molecule has 3 rings (SSSR count). The summed E-state index contributed by atoms with van der Waals surface area (Å²) in [5.41, 5.74) is 0.647. The molecule has 2 aliphatic heterocycles. The molecule has 2 atom stereocenters. The summed E-state index contributed by atoms with van der Waals surface area (Å²) < 4.78 is 40.9. The van der Waals surface area contributed by atoms with Gasteiger partial charge in [0.1, 0.15) is 17.2 Å². The SMILES string of the molecule is COc1ccc(OC)c(C2=NS(=O)(=O)N(C)C(C(=O)N3[C@H](C)CCC[C@@H]3C)=C2)c1.